The second-order valence-electron chi connectivity index (χ2n) is 4.82. The van der Waals surface area contributed by atoms with Gasteiger partial charge in [0.05, 0.1) is 6.20 Å². The number of carbonyl (C=O) groups is 2. The summed E-state index contributed by atoms with van der Waals surface area (Å²) in [5.74, 6) is -0.944. The number of rotatable bonds is 8. The molecule has 1 heterocycles. The van der Waals surface area contributed by atoms with Crippen molar-refractivity contribution in [3.63, 3.8) is 0 Å². The molecule has 0 saturated carbocycles. The van der Waals surface area contributed by atoms with Crippen molar-refractivity contribution >= 4 is 11.9 Å². The Morgan fingerprint density at radius 2 is 2.17 bits per heavy atom. The van der Waals surface area contributed by atoms with E-state index in [0.29, 0.717) is 11.6 Å². The first-order valence-electron chi connectivity index (χ1n) is 7.16. The van der Waals surface area contributed by atoms with Gasteiger partial charge < -0.3 is 19.9 Å². The molecule has 2 N–H and O–H groups in total. The number of ether oxygens (including phenoxy) is 2. The second kappa shape index (κ2) is 8.59. The molecule has 0 radical (unpaired) electrons. The van der Waals surface area contributed by atoms with Crippen molar-refractivity contribution in [2.24, 2.45) is 0 Å². The van der Waals surface area contributed by atoms with Gasteiger partial charge in [0.15, 0.2) is 0 Å². The smallest absolute Gasteiger partial charge is 0.326 e. The molecular formula is C16H17N3O5. The summed E-state index contributed by atoms with van der Waals surface area (Å²) in [6.07, 6.45) is 4.62. The Bertz CT molecular complexity index is 693. The maximum Gasteiger partial charge on any atom is 0.326 e. The molecule has 2 aromatic rings. The van der Waals surface area contributed by atoms with Gasteiger partial charge in [-0.2, -0.15) is 0 Å². The quantitative estimate of drug-likeness (QED) is 0.754. The standard InChI is InChI=1S/C16H17N3O5/c1-23-8-5-13(16(21)22)19-15(20)11-3-2-4-12(9-11)24-14-10-17-6-7-18-14/h2-4,6-7,9-10,13H,5,8H2,1H3,(H,19,20)(H,21,22). The third kappa shape index (κ3) is 5.03. The molecule has 0 aliphatic heterocycles. The average Bonchev–Trinajstić information content (AvgIpc) is 2.59. The average molecular weight is 331 g/mol. The van der Waals surface area contributed by atoms with E-state index < -0.39 is 17.9 Å². The van der Waals surface area contributed by atoms with Crippen LogP contribution in [0.5, 0.6) is 11.6 Å². The maximum atomic E-state index is 12.2. The Morgan fingerprint density at radius 3 is 2.83 bits per heavy atom. The van der Waals surface area contributed by atoms with Gasteiger partial charge >= 0.3 is 5.97 Å². The van der Waals surface area contributed by atoms with E-state index in [0.717, 1.165) is 0 Å². The summed E-state index contributed by atoms with van der Waals surface area (Å²) in [5.41, 5.74) is 0.278. The van der Waals surface area contributed by atoms with Gasteiger partial charge in [-0.3, -0.25) is 9.78 Å². The summed E-state index contributed by atoms with van der Waals surface area (Å²) >= 11 is 0. The number of amides is 1. The third-order valence-electron chi connectivity index (χ3n) is 3.07. The lowest BCUT2D eigenvalue weighted by Gasteiger charge is -2.14. The van der Waals surface area contributed by atoms with Crippen LogP contribution < -0.4 is 10.1 Å². The molecule has 0 bridgehead atoms. The lowest BCUT2D eigenvalue weighted by atomic mass is 10.1. The van der Waals surface area contributed by atoms with Crippen molar-refractivity contribution < 1.29 is 24.2 Å². The van der Waals surface area contributed by atoms with Crippen LogP contribution in [0.15, 0.2) is 42.9 Å². The van der Waals surface area contributed by atoms with Crippen LogP contribution in [0, 0.1) is 0 Å². The largest absolute Gasteiger partial charge is 0.480 e. The van der Waals surface area contributed by atoms with Crippen LogP contribution >= 0.6 is 0 Å². The van der Waals surface area contributed by atoms with Gasteiger partial charge in [-0.1, -0.05) is 6.07 Å². The number of carboxylic acid groups (broad SMARTS) is 1. The van der Waals surface area contributed by atoms with E-state index >= 15 is 0 Å². The fourth-order valence-electron chi connectivity index (χ4n) is 1.89. The van der Waals surface area contributed by atoms with Crippen LogP contribution in [0.25, 0.3) is 0 Å². The van der Waals surface area contributed by atoms with E-state index in [4.69, 9.17) is 14.6 Å². The number of nitrogens with one attached hydrogen (secondary N) is 1. The molecule has 0 aliphatic rings. The number of hydrogen-bond donors (Lipinski definition) is 2. The molecule has 0 spiro atoms. The summed E-state index contributed by atoms with van der Waals surface area (Å²) < 4.78 is 10.3. The summed E-state index contributed by atoms with van der Waals surface area (Å²) in [6.45, 7) is 0.229. The summed E-state index contributed by atoms with van der Waals surface area (Å²) in [6, 6.07) is 5.33. The number of carboxylic acids is 1. The summed E-state index contributed by atoms with van der Waals surface area (Å²) in [4.78, 5) is 31.3. The number of aromatic nitrogens is 2. The molecule has 1 aromatic heterocycles. The molecule has 0 saturated heterocycles. The Hall–Kier alpha value is -3.00. The first kappa shape index (κ1) is 17.4. The van der Waals surface area contributed by atoms with Crippen LogP contribution in [-0.4, -0.2) is 46.7 Å². The van der Waals surface area contributed by atoms with Gasteiger partial charge in [-0.25, -0.2) is 9.78 Å². The maximum absolute atomic E-state index is 12.2. The minimum atomic E-state index is -1.12. The zero-order valence-corrected chi connectivity index (χ0v) is 13.0. The lowest BCUT2D eigenvalue weighted by molar-refractivity contribution is -0.139. The number of nitrogens with zero attached hydrogens (tertiary/aromatic N) is 2. The van der Waals surface area contributed by atoms with Crippen molar-refractivity contribution in [1.29, 1.82) is 0 Å². The van der Waals surface area contributed by atoms with E-state index in [9.17, 15) is 9.59 Å². The first-order valence-corrected chi connectivity index (χ1v) is 7.16. The zero-order valence-electron chi connectivity index (χ0n) is 13.0. The van der Waals surface area contributed by atoms with Crippen molar-refractivity contribution in [1.82, 2.24) is 15.3 Å². The molecule has 8 nitrogen and oxygen atoms in total. The highest BCUT2D eigenvalue weighted by Gasteiger charge is 2.20. The highest BCUT2D eigenvalue weighted by atomic mass is 16.5. The van der Waals surface area contributed by atoms with Crippen LogP contribution in [0.3, 0.4) is 0 Å². The molecule has 1 amide bonds. The normalized spacial score (nSPS) is 11.5. The van der Waals surface area contributed by atoms with Crippen LogP contribution in [0.2, 0.25) is 0 Å². The van der Waals surface area contributed by atoms with E-state index in [1.807, 2.05) is 0 Å². The molecule has 1 aromatic carbocycles. The van der Waals surface area contributed by atoms with Crippen LogP contribution in [-0.2, 0) is 9.53 Å². The topological polar surface area (TPSA) is 111 Å². The minimum absolute atomic E-state index is 0.174. The van der Waals surface area contributed by atoms with E-state index in [1.165, 1.54) is 31.8 Å². The molecule has 0 fully saturated rings. The lowest BCUT2D eigenvalue weighted by Crippen LogP contribution is -2.41. The molecule has 1 atom stereocenters. The Kier molecular flexibility index (Phi) is 6.21. The molecular weight excluding hydrogens is 314 g/mol. The van der Waals surface area contributed by atoms with Crippen molar-refractivity contribution in [2.45, 2.75) is 12.5 Å². The number of methoxy groups -OCH3 is 1. The summed E-state index contributed by atoms with van der Waals surface area (Å²) in [7, 11) is 1.47. The van der Waals surface area contributed by atoms with Crippen molar-refractivity contribution in [3.05, 3.63) is 48.4 Å². The molecule has 1 unspecified atom stereocenters. The SMILES string of the molecule is COCCC(NC(=O)c1cccc(Oc2cnccn2)c1)C(=O)O. The predicted molar refractivity (Wildman–Crippen MR) is 83.9 cm³/mol. The second-order valence-corrected chi connectivity index (χ2v) is 4.82. The fraction of sp³-hybridized carbons (Fsp3) is 0.250. The summed E-state index contributed by atoms with van der Waals surface area (Å²) in [5, 5.41) is 11.6. The van der Waals surface area contributed by atoms with Crippen molar-refractivity contribution in [3.8, 4) is 11.6 Å². The Balaban J connectivity index is 2.06. The Morgan fingerprint density at radius 1 is 1.33 bits per heavy atom. The number of hydrogen-bond acceptors (Lipinski definition) is 6. The van der Waals surface area contributed by atoms with Gasteiger partial charge in [-0.05, 0) is 18.2 Å². The first-order chi connectivity index (χ1) is 11.6. The molecule has 24 heavy (non-hydrogen) atoms. The number of aliphatic carboxylic acids is 1. The zero-order chi connectivity index (χ0) is 17.4. The highest BCUT2D eigenvalue weighted by molar-refractivity contribution is 5.96. The predicted octanol–water partition coefficient (Wildman–Crippen LogP) is 1.49. The monoisotopic (exact) mass is 331 g/mol. The third-order valence-corrected chi connectivity index (χ3v) is 3.07. The van der Waals surface area contributed by atoms with Gasteiger partial charge in [-0.15, -0.1) is 0 Å². The molecule has 8 heteroatoms. The highest BCUT2D eigenvalue weighted by Crippen LogP contribution is 2.19. The van der Waals surface area contributed by atoms with Gasteiger partial charge in [0, 0.05) is 38.1 Å². The molecule has 2 rings (SSSR count). The van der Waals surface area contributed by atoms with Gasteiger partial charge in [0.2, 0.25) is 5.88 Å². The van der Waals surface area contributed by atoms with Crippen LogP contribution in [0.4, 0.5) is 0 Å². The van der Waals surface area contributed by atoms with Gasteiger partial charge in [0.25, 0.3) is 5.91 Å². The van der Waals surface area contributed by atoms with Crippen LogP contribution in [0.1, 0.15) is 16.8 Å². The number of carbonyl (C=O) groups excluding carboxylic acids is 1. The van der Waals surface area contributed by atoms with Crippen molar-refractivity contribution in [2.75, 3.05) is 13.7 Å². The number of benzene rings is 1. The Labute approximate surface area is 138 Å². The molecule has 0 aliphatic carbocycles. The van der Waals surface area contributed by atoms with Gasteiger partial charge in [0.1, 0.15) is 11.8 Å². The fourth-order valence-corrected chi connectivity index (χ4v) is 1.89. The van der Waals surface area contributed by atoms with E-state index in [1.54, 1.807) is 18.2 Å². The molecule has 126 valence electrons. The van der Waals surface area contributed by atoms with E-state index in [-0.39, 0.29) is 18.6 Å². The minimum Gasteiger partial charge on any atom is -0.480 e. The van der Waals surface area contributed by atoms with E-state index in [2.05, 4.69) is 15.3 Å².